The van der Waals surface area contributed by atoms with Gasteiger partial charge >= 0.3 is 0 Å². The van der Waals surface area contributed by atoms with Gasteiger partial charge in [-0.25, -0.2) is 0 Å². The maximum atomic E-state index is 11.6. The van der Waals surface area contributed by atoms with E-state index in [-0.39, 0.29) is 24.7 Å². The third-order valence-electron chi connectivity index (χ3n) is 2.63. The molecule has 8 heteroatoms. The third-order valence-corrected chi connectivity index (χ3v) is 2.86. The molecule has 0 aromatic heterocycles. The smallest absolute Gasteiger partial charge is 0.269 e. The number of aliphatic hydroxyl groups is 2. The molecule has 7 nitrogen and oxygen atoms in total. The van der Waals surface area contributed by atoms with Crippen molar-refractivity contribution in [3.05, 3.63) is 39.9 Å². The van der Waals surface area contributed by atoms with Crippen LogP contribution in [0.15, 0.2) is 24.3 Å². The minimum Gasteiger partial charge on any atom is -0.394 e. The molecule has 1 amide bonds. The Hall–Kier alpha value is -1.70. The molecule has 20 heavy (non-hydrogen) atoms. The highest BCUT2D eigenvalue weighted by atomic mass is 35.5. The van der Waals surface area contributed by atoms with E-state index in [9.17, 15) is 20.0 Å². The van der Waals surface area contributed by atoms with Crippen LogP contribution in [0.25, 0.3) is 0 Å². The molecule has 1 unspecified atom stereocenters. The number of carbonyl (C=O) groups excluding carboxylic acids is 1. The van der Waals surface area contributed by atoms with Crippen molar-refractivity contribution in [1.29, 1.82) is 0 Å². The van der Waals surface area contributed by atoms with Crippen LogP contribution in [-0.4, -0.2) is 51.1 Å². The van der Waals surface area contributed by atoms with Crippen molar-refractivity contribution >= 4 is 23.2 Å². The van der Waals surface area contributed by atoms with Crippen molar-refractivity contribution in [2.75, 3.05) is 19.0 Å². The summed E-state index contributed by atoms with van der Waals surface area (Å²) in [7, 11) is 0. The molecule has 0 radical (unpaired) electrons. The van der Waals surface area contributed by atoms with Gasteiger partial charge in [-0.1, -0.05) is 12.1 Å². The Morgan fingerprint density at radius 2 is 2.00 bits per heavy atom. The first-order valence-electron chi connectivity index (χ1n) is 5.84. The van der Waals surface area contributed by atoms with E-state index >= 15 is 0 Å². The first kappa shape index (κ1) is 16.4. The van der Waals surface area contributed by atoms with Crippen molar-refractivity contribution in [3.63, 3.8) is 0 Å². The zero-order chi connectivity index (χ0) is 15.1. The fourth-order valence-corrected chi connectivity index (χ4v) is 1.76. The molecule has 1 rings (SSSR count). The number of nitro groups is 1. The molecule has 1 atom stereocenters. The lowest BCUT2D eigenvalue weighted by Crippen LogP contribution is -2.39. The summed E-state index contributed by atoms with van der Waals surface area (Å²) in [6.45, 7) is -0.369. The summed E-state index contributed by atoms with van der Waals surface area (Å²) >= 11 is 5.48. The van der Waals surface area contributed by atoms with Gasteiger partial charge in [0.25, 0.3) is 5.69 Å². The van der Waals surface area contributed by atoms with Crippen LogP contribution in [0.2, 0.25) is 0 Å². The number of nitrogens with zero attached hydrogens (tertiary/aromatic N) is 2. The van der Waals surface area contributed by atoms with Crippen LogP contribution in [-0.2, 0) is 11.3 Å². The van der Waals surface area contributed by atoms with Crippen LogP contribution in [0.1, 0.15) is 5.56 Å². The number of rotatable bonds is 7. The van der Waals surface area contributed by atoms with Crippen LogP contribution in [0.5, 0.6) is 0 Å². The van der Waals surface area contributed by atoms with Gasteiger partial charge < -0.3 is 15.1 Å². The first-order valence-corrected chi connectivity index (χ1v) is 6.37. The number of nitro benzene ring substituents is 1. The fraction of sp³-hybridized carbons (Fsp3) is 0.417. The van der Waals surface area contributed by atoms with Gasteiger partial charge in [0.15, 0.2) is 0 Å². The lowest BCUT2D eigenvalue weighted by Gasteiger charge is -2.24. The topological polar surface area (TPSA) is 104 Å². The summed E-state index contributed by atoms with van der Waals surface area (Å²) in [5, 5.41) is 28.7. The van der Waals surface area contributed by atoms with Crippen LogP contribution in [0.3, 0.4) is 0 Å². The van der Waals surface area contributed by atoms with Crippen molar-refractivity contribution in [2.24, 2.45) is 0 Å². The molecule has 0 heterocycles. The Balaban J connectivity index is 2.78. The van der Waals surface area contributed by atoms with E-state index in [0.717, 1.165) is 0 Å². The molecule has 1 aromatic rings. The predicted molar refractivity (Wildman–Crippen MR) is 72.3 cm³/mol. The Kier molecular flexibility index (Phi) is 6.37. The average molecular weight is 303 g/mol. The minimum atomic E-state index is -1.06. The number of non-ortho nitro benzene ring substituents is 1. The second-order valence-electron chi connectivity index (χ2n) is 4.17. The Bertz CT molecular complexity index is 465. The van der Waals surface area contributed by atoms with Crippen molar-refractivity contribution in [1.82, 2.24) is 4.90 Å². The first-order chi connectivity index (χ1) is 9.47. The summed E-state index contributed by atoms with van der Waals surface area (Å²) in [5.74, 6) is -0.636. The minimum absolute atomic E-state index is 0.0423. The van der Waals surface area contributed by atoms with Gasteiger partial charge in [0.05, 0.1) is 17.6 Å². The van der Waals surface area contributed by atoms with E-state index in [4.69, 9.17) is 16.7 Å². The molecule has 0 aliphatic carbocycles. The van der Waals surface area contributed by atoms with Crippen LogP contribution >= 0.6 is 11.6 Å². The second kappa shape index (κ2) is 7.78. The summed E-state index contributed by atoms with van der Waals surface area (Å²) in [6.07, 6.45) is -1.06. The van der Waals surface area contributed by atoms with Gasteiger partial charge in [-0.2, -0.15) is 0 Å². The molecule has 0 aliphatic heterocycles. The molecule has 2 N–H and O–H groups in total. The highest BCUT2D eigenvalue weighted by molar-refractivity contribution is 6.27. The Labute approximate surface area is 120 Å². The summed E-state index contributed by atoms with van der Waals surface area (Å²) in [6, 6.07) is 5.72. The lowest BCUT2D eigenvalue weighted by atomic mass is 10.2. The number of amides is 1. The molecule has 0 saturated carbocycles. The SMILES string of the molecule is O=C(CCl)N(Cc1ccc([N+](=O)[O-])cc1)CC(O)CO. The van der Waals surface area contributed by atoms with Crippen LogP contribution in [0, 0.1) is 10.1 Å². The normalized spacial score (nSPS) is 11.9. The van der Waals surface area contributed by atoms with Crippen molar-refractivity contribution < 1.29 is 19.9 Å². The van der Waals surface area contributed by atoms with Gasteiger partial charge in [-0.3, -0.25) is 14.9 Å². The quantitative estimate of drug-likeness (QED) is 0.434. The lowest BCUT2D eigenvalue weighted by molar-refractivity contribution is -0.384. The van der Waals surface area contributed by atoms with Gasteiger partial charge in [0.2, 0.25) is 5.91 Å². The fourth-order valence-electron chi connectivity index (χ4n) is 1.59. The number of benzene rings is 1. The van der Waals surface area contributed by atoms with Crippen LogP contribution in [0.4, 0.5) is 5.69 Å². The van der Waals surface area contributed by atoms with Crippen LogP contribution < -0.4 is 0 Å². The van der Waals surface area contributed by atoms with Gasteiger partial charge in [0.1, 0.15) is 5.88 Å². The zero-order valence-corrected chi connectivity index (χ0v) is 11.4. The number of hydrogen-bond donors (Lipinski definition) is 2. The Morgan fingerprint density at radius 1 is 1.40 bits per heavy atom. The molecular weight excluding hydrogens is 288 g/mol. The van der Waals surface area contributed by atoms with E-state index in [1.165, 1.54) is 29.2 Å². The van der Waals surface area contributed by atoms with E-state index in [0.29, 0.717) is 5.56 Å². The number of alkyl halides is 1. The number of halogens is 1. The Morgan fingerprint density at radius 3 is 2.45 bits per heavy atom. The van der Waals surface area contributed by atoms with E-state index in [2.05, 4.69) is 0 Å². The molecule has 0 saturated heterocycles. The largest absolute Gasteiger partial charge is 0.394 e. The number of hydrogen-bond acceptors (Lipinski definition) is 5. The maximum Gasteiger partial charge on any atom is 0.269 e. The third kappa shape index (κ3) is 4.76. The standard InChI is InChI=1S/C12H15ClN2O5/c13-5-12(18)14(7-11(17)8-16)6-9-1-3-10(4-2-9)15(19)20/h1-4,11,16-17H,5-8H2. The van der Waals surface area contributed by atoms with Crippen molar-refractivity contribution in [3.8, 4) is 0 Å². The molecule has 0 aliphatic rings. The summed E-state index contributed by atoms with van der Waals surface area (Å²) in [5.41, 5.74) is 0.624. The zero-order valence-electron chi connectivity index (χ0n) is 10.6. The second-order valence-corrected chi connectivity index (χ2v) is 4.44. The summed E-state index contributed by atoms with van der Waals surface area (Å²) < 4.78 is 0. The molecule has 0 fully saturated rings. The molecule has 1 aromatic carbocycles. The number of aliphatic hydroxyl groups excluding tert-OH is 2. The number of carbonyl (C=O) groups is 1. The summed E-state index contributed by atoms with van der Waals surface area (Å²) in [4.78, 5) is 22.9. The predicted octanol–water partition coefficient (Wildman–Crippen LogP) is 0.515. The van der Waals surface area contributed by atoms with Crippen molar-refractivity contribution in [2.45, 2.75) is 12.6 Å². The highest BCUT2D eigenvalue weighted by Gasteiger charge is 2.17. The molecule has 110 valence electrons. The molecule has 0 spiro atoms. The van der Waals surface area contributed by atoms with E-state index in [1.807, 2.05) is 0 Å². The van der Waals surface area contributed by atoms with E-state index in [1.54, 1.807) is 0 Å². The van der Waals surface area contributed by atoms with Gasteiger partial charge in [-0.05, 0) is 5.56 Å². The molecular formula is C12H15ClN2O5. The molecule has 0 bridgehead atoms. The highest BCUT2D eigenvalue weighted by Crippen LogP contribution is 2.14. The van der Waals surface area contributed by atoms with E-state index < -0.39 is 23.5 Å². The van der Waals surface area contributed by atoms with Gasteiger partial charge in [-0.15, -0.1) is 11.6 Å². The van der Waals surface area contributed by atoms with Gasteiger partial charge in [0, 0.05) is 25.2 Å². The monoisotopic (exact) mass is 302 g/mol. The maximum absolute atomic E-state index is 11.6. The average Bonchev–Trinajstić information content (AvgIpc) is 2.46.